The molecule has 4 rings (SSSR count). The molecule has 10 heteroatoms. The number of hydrogen-bond acceptors (Lipinski definition) is 6. The van der Waals surface area contributed by atoms with Crippen LogP contribution in [0.4, 0.5) is 10.1 Å². The molecule has 0 aliphatic carbocycles. The fraction of sp³-hybridized carbons (Fsp3) is 0.261. The predicted octanol–water partition coefficient (Wildman–Crippen LogP) is 4.11. The molecule has 0 atom stereocenters. The molecule has 2 heterocycles. The van der Waals surface area contributed by atoms with Gasteiger partial charge in [0, 0.05) is 42.0 Å². The molecule has 1 saturated heterocycles. The van der Waals surface area contributed by atoms with E-state index in [1.54, 1.807) is 18.5 Å². The van der Waals surface area contributed by atoms with Crippen LogP contribution in [0, 0.1) is 18.7 Å². The minimum Gasteiger partial charge on any atom is -0.326 e. The van der Waals surface area contributed by atoms with Crippen LogP contribution in [-0.2, 0) is 14.8 Å². The standard InChI is InChI=1S/C23H23FN4O3S2/c1-16-15-19(32-23-25-11-2-12-26-23)5-8-21(16)27-22(29)17-9-13-28(14-10-17)33(30,31)20-6-3-18(24)4-7-20/h2-8,11-12,15,17H,9-10,13-14H2,1H3,(H,27,29). The van der Waals surface area contributed by atoms with E-state index >= 15 is 0 Å². The first-order chi connectivity index (χ1) is 15.8. The molecule has 1 amide bonds. The third kappa shape index (κ3) is 5.58. The van der Waals surface area contributed by atoms with Crippen LogP contribution in [0.2, 0.25) is 0 Å². The lowest BCUT2D eigenvalue weighted by Crippen LogP contribution is -2.41. The predicted molar refractivity (Wildman–Crippen MR) is 124 cm³/mol. The summed E-state index contributed by atoms with van der Waals surface area (Å²) in [6.45, 7) is 2.40. The van der Waals surface area contributed by atoms with E-state index in [0.29, 0.717) is 18.0 Å². The molecule has 0 radical (unpaired) electrons. The zero-order valence-electron chi connectivity index (χ0n) is 17.9. The van der Waals surface area contributed by atoms with Crippen molar-refractivity contribution in [1.82, 2.24) is 14.3 Å². The zero-order chi connectivity index (χ0) is 23.4. The van der Waals surface area contributed by atoms with E-state index in [-0.39, 0.29) is 29.8 Å². The topological polar surface area (TPSA) is 92.3 Å². The number of aryl methyl sites for hydroxylation is 1. The van der Waals surface area contributed by atoms with Gasteiger partial charge in [-0.05, 0) is 85.6 Å². The Balaban J connectivity index is 1.35. The summed E-state index contributed by atoms with van der Waals surface area (Å²) < 4.78 is 40.0. The van der Waals surface area contributed by atoms with Crippen LogP contribution >= 0.6 is 11.8 Å². The maximum Gasteiger partial charge on any atom is 0.243 e. The number of nitrogens with zero attached hydrogens (tertiary/aromatic N) is 3. The van der Waals surface area contributed by atoms with Gasteiger partial charge in [-0.15, -0.1) is 0 Å². The van der Waals surface area contributed by atoms with Crippen LogP contribution in [-0.4, -0.2) is 41.7 Å². The molecule has 0 bridgehead atoms. The number of piperidine rings is 1. The molecule has 1 fully saturated rings. The van der Waals surface area contributed by atoms with Gasteiger partial charge in [0.05, 0.1) is 4.90 Å². The van der Waals surface area contributed by atoms with Crippen LogP contribution in [0.3, 0.4) is 0 Å². The number of halogens is 1. The molecule has 1 aliphatic heterocycles. The van der Waals surface area contributed by atoms with Crippen LogP contribution < -0.4 is 5.32 Å². The first-order valence-corrected chi connectivity index (χ1v) is 12.7. The van der Waals surface area contributed by atoms with Gasteiger partial charge in [-0.25, -0.2) is 22.8 Å². The first kappa shape index (κ1) is 23.3. The average molecular weight is 487 g/mol. The number of carbonyl (C=O) groups excluding carboxylic acids is 1. The van der Waals surface area contributed by atoms with E-state index in [0.717, 1.165) is 28.3 Å². The van der Waals surface area contributed by atoms with Gasteiger partial charge in [0.2, 0.25) is 15.9 Å². The lowest BCUT2D eigenvalue weighted by molar-refractivity contribution is -0.120. The lowest BCUT2D eigenvalue weighted by Gasteiger charge is -2.30. The Hall–Kier alpha value is -2.82. The van der Waals surface area contributed by atoms with Crippen LogP contribution in [0.15, 0.2) is 75.9 Å². The van der Waals surface area contributed by atoms with E-state index in [2.05, 4.69) is 15.3 Å². The number of carbonyl (C=O) groups is 1. The third-order valence-electron chi connectivity index (χ3n) is 5.48. The maximum absolute atomic E-state index is 13.1. The molecule has 1 aliphatic rings. The Morgan fingerprint density at radius 3 is 2.39 bits per heavy atom. The Morgan fingerprint density at radius 2 is 1.76 bits per heavy atom. The van der Waals surface area contributed by atoms with E-state index in [1.807, 2.05) is 25.1 Å². The molecular weight excluding hydrogens is 463 g/mol. The fourth-order valence-corrected chi connectivity index (χ4v) is 5.91. The van der Waals surface area contributed by atoms with Crippen molar-refractivity contribution in [3.63, 3.8) is 0 Å². The number of hydrogen-bond donors (Lipinski definition) is 1. The van der Waals surface area contributed by atoms with Crippen LogP contribution in [0.5, 0.6) is 0 Å². The molecular formula is C23H23FN4O3S2. The summed E-state index contributed by atoms with van der Waals surface area (Å²) in [5.74, 6) is -0.890. The van der Waals surface area contributed by atoms with Gasteiger partial charge in [-0.1, -0.05) is 0 Å². The highest BCUT2D eigenvalue weighted by Gasteiger charge is 2.32. The molecule has 0 saturated carbocycles. The minimum atomic E-state index is -3.70. The molecule has 2 aromatic carbocycles. The van der Waals surface area contributed by atoms with Crippen LogP contribution in [0.1, 0.15) is 18.4 Å². The van der Waals surface area contributed by atoms with Gasteiger partial charge in [-0.2, -0.15) is 4.31 Å². The van der Waals surface area contributed by atoms with Crippen molar-refractivity contribution in [2.75, 3.05) is 18.4 Å². The summed E-state index contributed by atoms with van der Waals surface area (Å²) in [7, 11) is -3.70. The third-order valence-corrected chi connectivity index (χ3v) is 8.28. The van der Waals surface area contributed by atoms with Gasteiger partial charge in [-0.3, -0.25) is 4.79 Å². The average Bonchev–Trinajstić information content (AvgIpc) is 2.82. The number of amides is 1. The molecule has 1 N–H and O–H groups in total. The Kier molecular flexibility index (Phi) is 7.06. The van der Waals surface area contributed by atoms with Crippen molar-refractivity contribution in [2.45, 2.75) is 34.7 Å². The van der Waals surface area contributed by atoms with E-state index in [4.69, 9.17) is 0 Å². The molecule has 172 valence electrons. The highest BCUT2D eigenvalue weighted by molar-refractivity contribution is 7.99. The molecule has 1 aromatic heterocycles. The first-order valence-electron chi connectivity index (χ1n) is 10.4. The summed E-state index contributed by atoms with van der Waals surface area (Å²) in [5, 5.41) is 3.62. The van der Waals surface area contributed by atoms with Crippen molar-refractivity contribution in [1.29, 1.82) is 0 Å². The molecule has 0 spiro atoms. The summed E-state index contributed by atoms with van der Waals surface area (Å²) >= 11 is 1.44. The quantitative estimate of drug-likeness (QED) is 0.527. The monoisotopic (exact) mass is 486 g/mol. The highest BCUT2D eigenvalue weighted by Crippen LogP contribution is 2.29. The minimum absolute atomic E-state index is 0.0567. The Labute approximate surface area is 196 Å². The Bertz CT molecular complexity index is 1230. The summed E-state index contributed by atoms with van der Waals surface area (Å²) in [6.07, 6.45) is 4.22. The van der Waals surface area contributed by atoms with Gasteiger partial charge in [0.1, 0.15) is 5.82 Å². The molecule has 3 aromatic rings. The number of benzene rings is 2. The van der Waals surface area contributed by atoms with E-state index in [9.17, 15) is 17.6 Å². The number of sulfonamides is 1. The van der Waals surface area contributed by atoms with Gasteiger partial charge in [0.15, 0.2) is 5.16 Å². The normalized spacial score (nSPS) is 15.3. The van der Waals surface area contributed by atoms with Crippen molar-refractivity contribution in [3.05, 3.63) is 72.3 Å². The molecule has 0 unspecified atom stereocenters. The van der Waals surface area contributed by atoms with Gasteiger partial charge >= 0.3 is 0 Å². The van der Waals surface area contributed by atoms with Crippen molar-refractivity contribution < 1.29 is 17.6 Å². The van der Waals surface area contributed by atoms with Gasteiger partial charge < -0.3 is 5.32 Å². The zero-order valence-corrected chi connectivity index (χ0v) is 19.6. The summed E-state index contributed by atoms with van der Waals surface area (Å²) in [4.78, 5) is 22.2. The van der Waals surface area contributed by atoms with Gasteiger partial charge in [0.25, 0.3) is 0 Å². The van der Waals surface area contributed by atoms with Crippen LogP contribution in [0.25, 0.3) is 0 Å². The Morgan fingerprint density at radius 1 is 1.09 bits per heavy atom. The fourth-order valence-electron chi connectivity index (χ4n) is 3.63. The highest BCUT2D eigenvalue weighted by atomic mass is 32.2. The van der Waals surface area contributed by atoms with Crippen molar-refractivity contribution >= 4 is 33.4 Å². The second-order valence-corrected chi connectivity index (χ2v) is 10.7. The number of rotatable bonds is 6. The molecule has 33 heavy (non-hydrogen) atoms. The number of nitrogens with one attached hydrogen (secondary N) is 1. The van der Waals surface area contributed by atoms with E-state index in [1.165, 1.54) is 28.2 Å². The number of aromatic nitrogens is 2. The maximum atomic E-state index is 13.1. The molecule has 7 nitrogen and oxygen atoms in total. The second-order valence-electron chi connectivity index (χ2n) is 7.73. The lowest BCUT2D eigenvalue weighted by atomic mass is 9.97. The van der Waals surface area contributed by atoms with Crippen molar-refractivity contribution in [2.24, 2.45) is 5.92 Å². The van der Waals surface area contributed by atoms with E-state index < -0.39 is 15.8 Å². The summed E-state index contributed by atoms with van der Waals surface area (Å²) in [6, 6.07) is 12.3. The summed E-state index contributed by atoms with van der Waals surface area (Å²) in [5.41, 5.74) is 1.64. The number of anilines is 1. The largest absolute Gasteiger partial charge is 0.326 e. The smallest absolute Gasteiger partial charge is 0.243 e. The SMILES string of the molecule is Cc1cc(Sc2ncccn2)ccc1NC(=O)C1CCN(S(=O)(=O)c2ccc(F)cc2)CC1. The second kappa shape index (κ2) is 9.98. The van der Waals surface area contributed by atoms with Crippen molar-refractivity contribution in [3.8, 4) is 0 Å².